The van der Waals surface area contributed by atoms with Crippen LogP contribution >= 0.6 is 0 Å². The summed E-state index contributed by atoms with van der Waals surface area (Å²) in [5, 5.41) is 0. The van der Waals surface area contributed by atoms with Crippen molar-refractivity contribution in [2.75, 3.05) is 32.8 Å². The summed E-state index contributed by atoms with van der Waals surface area (Å²) in [6.45, 7) is 7.26. The van der Waals surface area contributed by atoms with Crippen LogP contribution in [0, 0.1) is 6.92 Å². The van der Waals surface area contributed by atoms with Crippen LogP contribution in [-0.2, 0) is 6.42 Å². The van der Waals surface area contributed by atoms with Crippen molar-refractivity contribution >= 4 is 0 Å². The second-order valence-corrected chi connectivity index (χ2v) is 5.24. The van der Waals surface area contributed by atoms with Crippen LogP contribution in [-0.4, -0.2) is 37.7 Å². The Kier molecular flexibility index (Phi) is 3.41. The van der Waals surface area contributed by atoms with Crippen molar-refractivity contribution in [3.8, 4) is 11.5 Å². The van der Waals surface area contributed by atoms with E-state index in [0.29, 0.717) is 13.2 Å². The van der Waals surface area contributed by atoms with Crippen LogP contribution in [0.5, 0.6) is 11.5 Å². The molecule has 0 aromatic heterocycles. The standard InChI is InChI=1S/C15H21NO2/c1-12-10-13(4-2-5-16-6-3-7-16)11-14-15(12)18-9-8-17-14/h10-11H,2-9H2,1H3. The van der Waals surface area contributed by atoms with Gasteiger partial charge in [-0.3, -0.25) is 0 Å². The molecule has 1 aromatic carbocycles. The Bertz CT molecular complexity index is 427. The first-order valence-corrected chi connectivity index (χ1v) is 6.94. The first-order chi connectivity index (χ1) is 8.83. The van der Waals surface area contributed by atoms with Gasteiger partial charge in [0, 0.05) is 0 Å². The molecule has 2 heterocycles. The van der Waals surface area contributed by atoms with E-state index >= 15 is 0 Å². The van der Waals surface area contributed by atoms with Crippen LogP contribution in [0.2, 0.25) is 0 Å². The molecule has 0 aliphatic carbocycles. The normalized spacial score (nSPS) is 18.5. The number of likely N-dealkylation sites (tertiary alicyclic amines) is 1. The highest BCUT2D eigenvalue weighted by molar-refractivity contribution is 5.49. The summed E-state index contributed by atoms with van der Waals surface area (Å²) in [5.41, 5.74) is 2.57. The van der Waals surface area contributed by atoms with Gasteiger partial charge in [-0.05, 0) is 63.0 Å². The molecule has 0 atom stereocenters. The fourth-order valence-electron chi connectivity index (χ4n) is 2.66. The van der Waals surface area contributed by atoms with Gasteiger partial charge in [-0.2, -0.15) is 0 Å². The van der Waals surface area contributed by atoms with Crippen LogP contribution in [0.15, 0.2) is 12.1 Å². The van der Waals surface area contributed by atoms with E-state index in [1.807, 2.05) is 0 Å². The third-order valence-corrected chi connectivity index (χ3v) is 3.78. The summed E-state index contributed by atoms with van der Waals surface area (Å²) in [4.78, 5) is 2.52. The summed E-state index contributed by atoms with van der Waals surface area (Å²) in [6.07, 6.45) is 3.75. The Labute approximate surface area is 109 Å². The SMILES string of the molecule is Cc1cc(CCCN2CCC2)cc2c1OCCO2. The van der Waals surface area contributed by atoms with Gasteiger partial charge < -0.3 is 14.4 Å². The van der Waals surface area contributed by atoms with Crippen LogP contribution in [0.4, 0.5) is 0 Å². The molecule has 3 heteroatoms. The molecular weight excluding hydrogens is 226 g/mol. The van der Waals surface area contributed by atoms with Gasteiger partial charge in [-0.1, -0.05) is 6.07 Å². The van der Waals surface area contributed by atoms with Crippen molar-refractivity contribution in [3.63, 3.8) is 0 Å². The maximum absolute atomic E-state index is 5.67. The fraction of sp³-hybridized carbons (Fsp3) is 0.600. The number of rotatable bonds is 4. The van der Waals surface area contributed by atoms with E-state index in [1.165, 1.54) is 43.6 Å². The largest absolute Gasteiger partial charge is 0.486 e. The first-order valence-electron chi connectivity index (χ1n) is 6.94. The molecule has 1 saturated heterocycles. The molecule has 0 unspecified atom stereocenters. The fourth-order valence-corrected chi connectivity index (χ4v) is 2.66. The van der Waals surface area contributed by atoms with Crippen LogP contribution < -0.4 is 9.47 Å². The third kappa shape index (κ3) is 2.46. The highest BCUT2D eigenvalue weighted by Gasteiger charge is 2.16. The Hall–Kier alpha value is -1.22. The van der Waals surface area contributed by atoms with Crippen molar-refractivity contribution in [3.05, 3.63) is 23.3 Å². The van der Waals surface area contributed by atoms with Crippen molar-refractivity contribution < 1.29 is 9.47 Å². The second-order valence-electron chi connectivity index (χ2n) is 5.24. The average molecular weight is 247 g/mol. The van der Waals surface area contributed by atoms with Gasteiger partial charge in [0.25, 0.3) is 0 Å². The zero-order valence-corrected chi connectivity index (χ0v) is 11.1. The summed E-state index contributed by atoms with van der Waals surface area (Å²) in [6, 6.07) is 4.39. The Balaban J connectivity index is 1.62. The van der Waals surface area contributed by atoms with Gasteiger partial charge in [0.1, 0.15) is 13.2 Å². The lowest BCUT2D eigenvalue weighted by Crippen LogP contribution is -2.37. The molecule has 3 nitrogen and oxygen atoms in total. The van der Waals surface area contributed by atoms with E-state index in [0.717, 1.165) is 17.9 Å². The van der Waals surface area contributed by atoms with Crippen LogP contribution in [0.3, 0.4) is 0 Å². The molecule has 2 aliphatic rings. The Morgan fingerprint density at radius 2 is 2.00 bits per heavy atom. The van der Waals surface area contributed by atoms with Gasteiger partial charge in [-0.15, -0.1) is 0 Å². The number of aryl methyl sites for hydroxylation is 2. The molecule has 98 valence electrons. The minimum atomic E-state index is 0.669. The smallest absolute Gasteiger partial charge is 0.164 e. The molecule has 0 radical (unpaired) electrons. The molecule has 0 N–H and O–H groups in total. The molecule has 2 aliphatic heterocycles. The summed E-state index contributed by atoms with van der Waals surface area (Å²) in [7, 11) is 0. The van der Waals surface area contributed by atoms with E-state index < -0.39 is 0 Å². The zero-order valence-electron chi connectivity index (χ0n) is 11.1. The summed E-state index contributed by atoms with van der Waals surface area (Å²) < 4.78 is 11.3. The average Bonchev–Trinajstić information content (AvgIpc) is 2.32. The van der Waals surface area contributed by atoms with Gasteiger partial charge in [0.05, 0.1) is 0 Å². The Morgan fingerprint density at radius 3 is 2.78 bits per heavy atom. The van der Waals surface area contributed by atoms with Crippen molar-refractivity contribution in [1.82, 2.24) is 4.90 Å². The molecule has 18 heavy (non-hydrogen) atoms. The quantitative estimate of drug-likeness (QED) is 0.815. The van der Waals surface area contributed by atoms with E-state index in [-0.39, 0.29) is 0 Å². The van der Waals surface area contributed by atoms with Crippen LogP contribution in [0.1, 0.15) is 24.0 Å². The molecular formula is C15H21NO2. The van der Waals surface area contributed by atoms with Crippen molar-refractivity contribution in [2.24, 2.45) is 0 Å². The van der Waals surface area contributed by atoms with Gasteiger partial charge in [0.15, 0.2) is 11.5 Å². The van der Waals surface area contributed by atoms with Crippen molar-refractivity contribution in [1.29, 1.82) is 0 Å². The summed E-state index contributed by atoms with van der Waals surface area (Å²) >= 11 is 0. The molecule has 1 aromatic rings. The zero-order chi connectivity index (χ0) is 12.4. The van der Waals surface area contributed by atoms with E-state index in [2.05, 4.69) is 24.0 Å². The number of hydrogen-bond donors (Lipinski definition) is 0. The van der Waals surface area contributed by atoms with Crippen molar-refractivity contribution in [2.45, 2.75) is 26.2 Å². The second kappa shape index (κ2) is 5.19. The molecule has 0 saturated carbocycles. The number of ether oxygens (including phenoxy) is 2. The first kappa shape index (κ1) is 11.8. The molecule has 0 amide bonds. The lowest BCUT2D eigenvalue weighted by Gasteiger charge is -2.30. The van der Waals surface area contributed by atoms with Gasteiger partial charge >= 0.3 is 0 Å². The maximum Gasteiger partial charge on any atom is 0.164 e. The van der Waals surface area contributed by atoms with Crippen LogP contribution in [0.25, 0.3) is 0 Å². The lowest BCUT2D eigenvalue weighted by atomic mass is 10.0. The number of fused-ring (bicyclic) bond motifs is 1. The predicted molar refractivity (Wildman–Crippen MR) is 71.5 cm³/mol. The van der Waals surface area contributed by atoms with E-state index in [4.69, 9.17) is 9.47 Å². The maximum atomic E-state index is 5.67. The number of hydrogen-bond acceptors (Lipinski definition) is 3. The minimum absolute atomic E-state index is 0.669. The monoisotopic (exact) mass is 247 g/mol. The number of benzene rings is 1. The third-order valence-electron chi connectivity index (χ3n) is 3.78. The molecule has 1 fully saturated rings. The number of nitrogens with zero attached hydrogens (tertiary/aromatic N) is 1. The lowest BCUT2D eigenvalue weighted by molar-refractivity contribution is 0.170. The van der Waals surface area contributed by atoms with E-state index in [9.17, 15) is 0 Å². The highest BCUT2D eigenvalue weighted by atomic mass is 16.6. The molecule has 0 spiro atoms. The summed E-state index contributed by atoms with van der Waals surface area (Å²) in [5.74, 6) is 1.87. The Morgan fingerprint density at radius 1 is 1.17 bits per heavy atom. The minimum Gasteiger partial charge on any atom is -0.486 e. The van der Waals surface area contributed by atoms with Gasteiger partial charge in [0.2, 0.25) is 0 Å². The highest BCUT2D eigenvalue weighted by Crippen LogP contribution is 2.35. The predicted octanol–water partition coefficient (Wildman–Crippen LogP) is 2.40. The molecule has 0 bridgehead atoms. The van der Waals surface area contributed by atoms with Gasteiger partial charge in [-0.25, -0.2) is 0 Å². The molecule has 3 rings (SSSR count). The topological polar surface area (TPSA) is 21.7 Å². The van der Waals surface area contributed by atoms with E-state index in [1.54, 1.807) is 0 Å².